The Kier molecular flexibility index (Phi) is 5.37. The summed E-state index contributed by atoms with van der Waals surface area (Å²) < 4.78 is 7.28. The number of hydrogen-bond acceptors (Lipinski definition) is 5. The lowest BCUT2D eigenvalue weighted by Crippen LogP contribution is -2.14. The summed E-state index contributed by atoms with van der Waals surface area (Å²) in [4.78, 5) is 30.1. The Morgan fingerprint density at radius 3 is 2.92 bits per heavy atom. The molecular formula is C19H21N3O3S. The maximum Gasteiger partial charge on any atom is 0.258 e. The third-order valence-corrected chi connectivity index (χ3v) is 4.53. The number of fused-ring (bicyclic) bond motifs is 1. The van der Waals surface area contributed by atoms with E-state index >= 15 is 0 Å². The second-order valence-electron chi connectivity index (χ2n) is 6.54. The maximum absolute atomic E-state index is 12.1. The van der Waals surface area contributed by atoms with Gasteiger partial charge in [-0.05, 0) is 25.0 Å². The van der Waals surface area contributed by atoms with Crippen molar-refractivity contribution in [3.05, 3.63) is 57.5 Å². The van der Waals surface area contributed by atoms with Crippen molar-refractivity contribution in [2.75, 3.05) is 5.32 Å². The molecule has 0 aliphatic rings. The molecule has 3 rings (SSSR count). The Bertz CT molecular complexity index is 991. The molecule has 0 fully saturated rings. The Labute approximate surface area is 155 Å². The third kappa shape index (κ3) is 4.49. The monoisotopic (exact) mass is 371 g/mol. The van der Waals surface area contributed by atoms with Crippen LogP contribution in [0.15, 0.2) is 41.3 Å². The highest BCUT2D eigenvalue weighted by Gasteiger charge is 2.08. The maximum atomic E-state index is 12.1. The number of amides is 1. The largest absolute Gasteiger partial charge is 0.487 e. The molecular weight excluding hydrogens is 350 g/mol. The number of ether oxygens (including phenoxy) is 1. The number of rotatable bonds is 6. The minimum absolute atomic E-state index is 0.0228. The molecule has 2 heterocycles. The number of carbonyl (C=O) groups excluding carboxylic acids is 1. The van der Waals surface area contributed by atoms with Crippen molar-refractivity contribution in [1.82, 2.24) is 9.38 Å². The van der Waals surface area contributed by atoms with Crippen molar-refractivity contribution < 1.29 is 9.53 Å². The molecule has 0 unspecified atom stereocenters. The van der Waals surface area contributed by atoms with E-state index in [0.29, 0.717) is 34.4 Å². The number of benzene rings is 1. The topological polar surface area (TPSA) is 72.7 Å². The van der Waals surface area contributed by atoms with Gasteiger partial charge in [0, 0.05) is 35.3 Å². The quantitative estimate of drug-likeness (QED) is 0.718. The number of nitrogens with one attached hydrogen (secondary N) is 1. The van der Waals surface area contributed by atoms with Crippen LogP contribution in [-0.2, 0) is 11.4 Å². The summed E-state index contributed by atoms with van der Waals surface area (Å²) in [7, 11) is 0. The van der Waals surface area contributed by atoms with Crippen LogP contribution in [0.4, 0.5) is 5.69 Å². The van der Waals surface area contributed by atoms with Crippen molar-refractivity contribution >= 4 is 27.9 Å². The van der Waals surface area contributed by atoms with Gasteiger partial charge in [0.2, 0.25) is 5.91 Å². The van der Waals surface area contributed by atoms with E-state index < -0.39 is 0 Å². The van der Waals surface area contributed by atoms with Crippen molar-refractivity contribution in [1.29, 1.82) is 0 Å². The molecule has 0 radical (unpaired) electrons. The second kappa shape index (κ2) is 7.70. The number of anilines is 1. The van der Waals surface area contributed by atoms with Gasteiger partial charge in [-0.15, -0.1) is 11.3 Å². The molecule has 0 bridgehead atoms. The smallest absolute Gasteiger partial charge is 0.258 e. The van der Waals surface area contributed by atoms with Crippen LogP contribution in [0.2, 0.25) is 0 Å². The lowest BCUT2D eigenvalue weighted by molar-refractivity contribution is -0.116. The highest BCUT2D eigenvalue weighted by molar-refractivity contribution is 7.16. The second-order valence-corrected chi connectivity index (χ2v) is 7.76. The zero-order chi connectivity index (χ0) is 18.7. The fourth-order valence-electron chi connectivity index (χ4n) is 2.54. The van der Waals surface area contributed by atoms with Gasteiger partial charge in [-0.2, -0.15) is 0 Å². The van der Waals surface area contributed by atoms with Crippen LogP contribution in [0.5, 0.6) is 5.75 Å². The summed E-state index contributed by atoms with van der Waals surface area (Å²) in [5.41, 5.74) is 1.14. The van der Waals surface area contributed by atoms with Gasteiger partial charge in [-0.3, -0.25) is 14.0 Å². The minimum Gasteiger partial charge on any atom is -0.487 e. The Morgan fingerprint density at radius 2 is 2.15 bits per heavy atom. The number of aromatic nitrogens is 2. The van der Waals surface area contributed by atoms with E-state index in [9.17, 15) is 9.59 Å². The summed E-state index contributed by atoms with van der Waals surface area (Å²) in [6, 6.07) is 8.68. The normalized spacial score (nSPS) is 11.1. The summed E-state index contributed by atoms with van der Waals surface area (Å²) in [5, 5.41) is 2.86. The molecule has 26 heavy (non-hydrogen) atoms. The zero-order valence-corrected chi connectivity index (χ0v) is 15.8. The molecule has 0 atom stereocenters. The van der Waals surface area contributed by atoms with Crippen molar-refractivity contribution in [2.24, 2.45) is 5.92 Å². The first-order valence-corrected chi connectivity index (χ1v) is 9.24. The fraction of sp³-hybridized carbons (Fsp3) is 0.316. The number of hydrogen-bond donors (Lipinski definition) is 1. The van der Waals surface area contributed by atoms with E-state index in [-0.39, 0.29) is 18.1 Å². The van der Waals surface area contributed by atoms with E-state index in [1.807, 2.05) is 32.9 Å². The predicted octanol–water partition coefficient (Wildman–Crippen LogP) is 3.63. The predicted molar refractivity (Wildman–Crippen MR) is 103 cm³/mol. The molecule has 6 nitrogen and oxygen atoms in total. The van der Waals surface area contributed by atoms with Gasteiger partial charge in [0.05, 0.1) is 5.69 Å². The van der Waals surface area contributed by atoms with Gasteiger partial charge in [0.25, 0.3) is 5.56 Å². The molecule has 0 aliphatic heterocycles. The third-order valence-electron chi connectivity index (χ3n) is 3.63. The molecule has 0 saturated heterocycles. The van der Waals surface area contributed by atoms with E-state index in [1.165, 1.54) is 21.8 Å². The molecule has 2 aromatic heterocycles. The first-order valence-electron chi connectivity index (χ1n) is 8.42. The molecule has 136 valence electrons. The SMILES string of the molecule is Cc1cn2c(=O)cc(COc3cccc(NC(=O)CC(C)C)c3)nc2s1. The number of carbonyl (C=O) groups is 1. The summed E-state index contributed by atoms with van der Waals surface area (Å²) in [5.74, 6) is 0.887. The molecule has 7 heteroatoms. The van der Waals surface area contributed by atoms with Crippen LogP contribution >= 0.6 is 11.3 Å². The van der Waals surface area contributed by atoms with E-state index in [2.05, 4.69) is 10.3 Å². The standard InChI is InChI=1S/C19H21N3O3S/c1-12(2)7-17(23)20-14-5-4-6-16(8-14)25-11-15-9-18(24)22-10-13(3)26-19(22)21-15/h4-6,8-10,12H,7,11H2,1-3H3,(H,20,23). The van der Waals surface area contributed by atoms with Crippen molar-refractivity contribution in [3.8, 4) is 5.75 Å². The van der Waals surface area contributed by atoms with Crippen LogP contribution in [0, 0.1) is 12.8 Å². The van der Waals surface area contributed by atoms with Crippen molar-refractivity contribution in [3.63, 3.8) is 0 Å². The van der Waals surface area contributed by atoms with Crippen LogP contribution in [0.3, 0.4) is 0 Å². The molecule has 1 aromatic carbocycles. The zero-order valence-electron chi connectivity index (χ0n) is 15.0. The van der Waals surface area contributed by atoms with Gasteiger partial charge in [0.15, 0.2) is 4.96 Å². The molecule has 1 amide bonds. The van der Waals surface area contributed by atoms with E-state index in [0.717, 1.165) is 4.88 Å². The van der Waals surface area contributed by atoms with E-state index in [4.69, 9.17) is 4.74 Å². The first-order chi connectivity index (χ1) is 12.4. The first kappa shape index (κ1) is 18.1. The number of nitrogens with zero attached hydrogens (tertiary/aromatic N) is 2. The van der Waals surface area contributed by atoms with Crippen LogP contribution in [0.25, 0.3) is 4.96 Å². The highest BCUT2D eigenvalue weighted by atomic mass is 32.1. The lowest BCUT2D eigenvalue weighted by Gasteiger charge is -2.10. The Hall–Kier alpha value is -2.67. The number of thiazole rings is 1. The fourth-order valence-corrected chi connectivity index (χ4v) is 3.39. The highest BCUT2D eigenvalue weighted by Crippen LogP contribution is 2.19. The molecule has 0 aliphatic carbocycles. The molecule has 1 N–H and O–H groups in total. The van der Waals surface area contributed by atoms with Crippen LogP contribution in [-0.4, -0.2) is 15.3 Å². The molecule has 3 aromatic rings. The van der Waals surface area contributed by atoms with Gasteiger partial charge < -0.3 is 10.1 Å². The van der Waals surface area contributed by atoms with Crippen LogP contribution < -0.4 is 15.6 Å². The van der Waals surface area contributed by atoms with Crippen LogP contribution in [0.1, 0.15) is 30.8 Å². The molecule has 0 spiro atoms. The molecule has 0 saturated carbocycles. The van der Waals surface area contributed by atoms with Gasteiger partial charge >= 0.3 is 0 Å². The summed E-state index contributed by atoms with van der Waals surface area (Å²) >= 11 is 1.46. The van der Waals surface area contributed by atoms with E-state index in [1.54, 1.807) is 18.3 Å². The number of aryl methyl sites for hydroxylation is 1. The van der Waals surface area contributed by atoms with Crippen molar-refractivity contribution in [2.45, 2.75) is 33.8 Å². The average Bonchev–Trinajstić information content (AvgIpc) is 2.93. The van der Waals surface area contributed by atoms with Gasteiger partial charge in [-0.25, -0.2) is 4.98 Å². The minimum atomic E-state index is -0.118. The summed E-state index contributed by atoms with van der Waals surface area (Å²) in [6.07, 6.45) is 2.25. The Balaban J connectivity index is 1.69. The van der Waals surface area contributed by atoms with Gasteiger partial charge in [0.1, 0.15) is 12.4 Å². The van der Waals surface area contributed by atoms with Gasteiger partial charge in [-0.1, -0.05) is 19.9 Å². The Morgan fingerprint density at radius 1 is 1.35 bits per heavy atom. The lowest BCUT2D eigenvalue weighted by atomic mass is 10.1. The average molecular weight is 371 g/mol. The summed E-state index contributed by atoms with van der Waals surface area (Å²) in [6.45, 7) is 6.13.